The highest BCUT2D eigenvalue weighted by Gasteiger charge is 2.24. The number of anilines is 1. The van der Waals surface area contributed by atoms with Gasteiger partial charge in [-0.1, -0.05) is 72.3 Å². The van der Waals surface area contributed by atoms with Crippen LogP contribution in [0.15, 0.2) is 84.9 Å². The first kappa shape index (κ1) is 24.2. The van der Waals surface area contributed by atoms with Gasteiger partial charge in [-0.2, -0.15) is 5.10 Å². The van der Waals surface area contributed by atoms with E-state index < -0.39 is 0 Å². The van der Waals surface area contributed by atoms with Crippen molar-refractivity contribution in [2.45, 2.75) is 26.8 Å². The highest BCUT2D eigenvalue weighted by molar-refractivity contribution is 6.32. The molecular weight excluding hydrogens is 460 g/mol. The largest absolute Gasteiger partial charge is 0.327 e. The Bertz CT molecular complexity index is 1350. The van der Waals surface area contributed by atoms with Crippen LogP contribution in [0.25, 0.3) is 16.9 Å². The number of aryl methyl sites for hydroxylation is 1. The molecule has 0 saturated carbocycles. The Labute approximate surface area is 210 Å². The standard InChI is InChI=1S/C28H27ClN4O2/c1-19(2)32(28(35)22-14-8-7-11-20(22)3)18-27(34)30-26-17-24(21-12-5-4-6-13-21)31-33(26)25-16-10-9-15-23(25)29/h4-17,19H,18H2,1-3H3,(H,30,34). The van der Waals surface area contributed by atoms with E-state index in [2.05, 4.69) is 5.32 Å². The molecule has 0 aliphatic carbocycles. The molecule has 1 aromatic heterocycles. The summed E-state index contributed by atoms with van der Waals surface area (Å²) in [7, 11) is 0. The molecule has 3 aromatic carbocycles. The lowest BCUT2D eigenvalue weighted by atomic mass is 10.1. The number of rotatable bonds is 7. The molecule has 35 heavy (non-hydrogen) atoms. The van der Waals surface area contributed by atoms with Crippen LogP contribution in [0, 0.1) is 6.92 Å². The van der Waals surface area contributed by atoms with Crippen LogP contribution in [0.2, 0.25) is 5.02 Å². The van der Waals surface area contributed by atoms with Crippen molar-refractivity contribution in [2.75, 3.05) is 11.9 Å². The number of para-hydroxylation sites is 1. The van der Waals surface area contributed by atoms with E-state index in [4.69, 9.17) is 16.7 Å². The second-order valence-electron chi connectivity index (χ2n) is 8.53. The summed E-state index contributed by atoms with van der Waals surface area (Å²) in [6, 6.07) is 26.0. The summed E-state index contributed by atoms with van der Waals surface area (Å²) in [4.78, 5) is 28.0. The maximum atomic E-state index is 13.2. The molecule has 0 radical (unpaired) electrons. The summed E-state index contributed by atoms with van der Waals surface area (Å²) in [5, 5.41) is 8.16. The molecule has 0 aliphatic rings. The summed E-state index contributed by atoms with van der Waals surface area (Å²) >= 11 is 6.45. The van der Waals surface area contributed by atoms with Gasteiger partial charge in [0.25, 0.3) is 5.91 Å². The summed E-state index contributed by atoms with van der Waals surface area (Å²) in [6.45, 7) is 5.58. The molecule has 4 rings (SSSR count). The molecule has 0 atom stereocenters. The molecule has 178 valence electrons. The van der Waals surface area contributed by atoms with E-state index in [9.17, 15) is 9.59 Å². The molecule has 1 heterocycles. The van der Waals surface area contributed by atoms with Gasteiger partial charge in [0.2, 0.25) is 5.91 Å². The molecular formula is C28H27ClN4O2. The Morgan fingerprint density at radius 1 is 0.971 bits per heavy atom. The van der Waals surface area contributed by atoms with Crippen LogP contribution in [-0.4, -0.2) is 39.1 Å². The summed E-state index contributed by atoms with van der Waals surface area (Å²) in [6.07, 6.45) is 0. The minimum Gasteiger partial charge on any atom is -0.327 e. The minimum atomic E-state index is -0.326. The quantitative estimate of drug-likeness (QED) is 0.349. The first-order valence-electron chi connectivity index (χ1n) is 11.4. The van der Waals surface area contributed by atoms with E-state index >= 15 is 0 Å². The fourth-order valence-corrected chi connectivity index (χ4v) is 4.04. The number of nitrogens with one attached hydrogen (secondary N) is 1. The molecule has 0 saturated heterocycles. The Morgan fingerprint density at radius 2 is 1.63 bits per heavy atom. The van der Waals surface area contributed by atoms with Gasteiger partial charge in [0.15, 0.2) is 0 Å². The summed E-state index contributed by atoms with van der Waals surface area (Å²) < 4.78 is 1.62. The zero-order valence-electron chi connectivity index (χ0n) is 19.9. The number of benzene rings is 3. The van der Waals surface area contributed by atoms with E-state index in [0.29, 0.717) is 27.8 Å². The van der Waals surface area contributed by atoms with Crippen molar-refractivity contribution in [1.82, 2.24) is 14.7 Å². The van der Waals surface area contributed by atoms with Crippen molar-refractivity contribution in [1.29, 1.82) is 0 Å². The number of hydrogen-bond acceptors (Lipinski definition) is 3. The van der Waals surface area contributed by atoms with Gasteiger partial charge >= 0.3 is 0 Å². The van der Waals surface area contributed by atoms with Crippen LogP contribution >= 0.6 is 11.6 Å². The fourth-order valence-electron chi connectivity index (χ4n) is 3.82. The molecule has 6 nitrogen and oxygen atoms in total. The normalized spacial score (nSPS) is 10.9. The summed E-state index contributed by atoms with van der Waals surface area (Å²) in [5.74, 6) is -0.0414. The molecule has 0 bridgehead atoms. The maximum Gasteiger partial charge on any atom is 0.254 e. The van der Waals surface area contributed by atoms with Crippen LogP contribution in [0.5, 0.6) is 0 Å². The average Bonchev–Trinajstić information content (AvgIpc) is 3.26. The van der Waals surface area contributed by atoms with E-state index in [1.54, 1.807) is 27.8 Å². The predicted molar refractivity (Wildman–Crippen MR) is 140 cm³/mol. The van der Waals surface area contributed by atoms with Crippen LogP contribution in [0.1, 0.15) is 29.8 Å². The molecule has 0 fully saturated rings. The van der Waals surface area contributed by atoms with Gasteiger partial charge in [-0.05, 0) is 44.5 Å². The lowest BCUT2D eigenvalue weighted by molar-refractivity contribution is -0.117. The van der Waals surface area contributed by atoms with Crippen LogP contribution in [-0.2, 0) is 4.79 Å². The molecule has 0 aliphatic heterocycles. The van der Waals surface area contributed by atoms with Gasteiger partial charge in [-0.25, -0.2) is 4.68 Å². The topological polar surface area (TPSA) is 67.2 Å². The van der Waals surface area contributed by atoms with Crippen molar-refractivity contribution >= 4 is 29.2 Å². The fraction of sp³-hybridized carbons (Fsp3) is 0.179. The number of amides is 2. The number of carbonyl (C=O) groups excluding carboxylic acids is 2. The third-order valence-corrected chi connectivity index (χ3v) is 6.02. The van der Waals surface area contributed by atoms with Crippen LogP contribution in [0.3, 0.4) is 0 Å². The lowest BCUT2D eigenvalue weighted by Crippen LogP contribution is -2.42. The zero-order chi connectivity index (χ0) is 24.9. The number of nitrogens with zero attached hydrogens (tertiary/aromatic N) is 3. The van der Waals surface area contributed by atoms with Crippen molar-refractivity contribution in [3.63, 3.8) is 0 Å². The van der Waals surface area contributed by atoms with Crippen LogP contribution in [0.4, 0.5) is 5.82 Å². The average molecular weight is 487 g/mol. The van der Waals surface area contributed by atoms with Gasteiger partial charge in [0.05, 0.1) is 16.4 Å². The highest BCUT2D eigenvalue weighted by atomic mass is 35.5. The van der Waals surface area contributed by atoms with E-state index in [-0.39, 0.29) is 24.4 Å². The minimum absolute atomic E-state index is 0.0980. The van der Waals surface area contributed by atoms with Gasteiger partial charge in [0.1, 0.15) is 12.4 Å². The smallest absolute Gasteiger partial charge is 0.254 e. The van der Waals surface area contributed by atoms with Crippen molar-refractivity contribution in [3.05, 3.63) is 101 Å². The summed E-state index contributed by atoms with van der Waals surface area (Å²) in [5.41, 5.74) is 3.70. The van der Waals surface area contributed by atoms with Crippen LogP contribution < -0.4 is 5.32 Å². The second kappa shape index (κ2) is 10.6. The molecule has 2 amide bonds. The third-order valence-electron chi connectivity index (χ3n) is 5.70. The molecule has 7 heteroatoms. The van der Waals surface area contributed by atoms with Crippen molar-refractivity contribution in [3.8, 4) is 16.9 Å². The monoisotopic (exact) mass is 486 g/mol. The number of aromatic nitrogens is 2. The molecule has 0 unspecified atom stereocenters. The number of carbonyl (C=O) groups is 2. The van der Waals surface area contributed by atoms with Gasteiger partial charge in [0, 0.05) is 23.2 Å². The Kier molecular flexibility index (Phi) is 7.32. The van der Waals surface area contributed by atoms with Gasteiger partial charge in [-0.15, -0.1) is 0 Å². The first-order valence-corrected chi connectivity index (χ1v) is 11.8. The highest BCUT2D eigenvalue weighted by Crippen LogP contribution is 2.28. The number of hydrogen-bond donors (Lipinski definition) is 1. The molecule has 0 spiro atoms. The third kappa shape index (κ3) is 5.44. The van der Waals surface area contributed by atoms with Crippen molar-refractivity contribution < 1.29 is 9.59 Å². The van der Waals surface area contributed by atoms with Gasteiger partial charge < -0.3 is 10.2 Å². The lowest BCUT2D eigenvalue weighted by Gasteiger charge is -2.27. The zero-order valence-corrected chi connectivity index (χ0v) is 20.7. The van der Waals surface area contributed by atoms with Gasteiger partial charge in [-0.3, -0.25) is 9.59 Å². The Hall–Kier alpha value is -3.90. The predicted octanol–water partition coefficient (Wildman–Crippen LogP) is 5.99. The van der Waals surface area contributed by atoms with E-state index in [1.807, 2.05) is 87.5 Å². The molecule has 1 N–H and O–H groups in total. The SMILES string of the molecule is Cc1ccccc1C(=O)N(CC(=O)Nc1cc(-c2ccccc2)nn1-c1ccccc1Cl)C(C)C. The first-order chi connectivity index (χ1) is 16.8. The second-order valence-corrected chi connectivity index (χ2v) is 8.94. The Balaban J connectivity index is 1.64. The Morgan fingerprint density at radius 3 is 2.31 bits per heavy atom. The number of halogens is 1. The molecule has 4 aromatic rings. The van der Waals surface area contributed by atoms with E-state index in [0.717, 1.165) is 11.1 Å². The maximum absolute atomic E-state index is 13.2. The van der Waals surface area contributed by atoms with Crippen molar-refractivity contribution in [2.24, 2.45) is 0 Å². The van der Waals surface area contributed by atoms with E-state index in [1.165, 1.54) is 0 Å².